The van der Waals surface area contributed by atoms with Gasteiger partial charge in [0.1, 0.15) is 5.76 Å². The molecule has 0 bridgehead atoms. The molecule has 1 aliphatic rings. The number of anilines is 1. The number of nitrogens with zero attached hydrogens (tertiary/aromatic N) is 3. The minimum absolute atomic E-state index is 0.638. The molecule has 5 heteroatoms. The zero-order chi connectivity index (χ0) is 14.5. The van der Waals surface area contributed by atoms with Crippen LogP contribution < -0.4 is 5.32 Å². The molecular weight excluding hydrogens is 264 g/mol. The van der Waals surface area contributed by atoms with Crippen molar-refractivity contribution in [1.82, 2.24) is 14.9 Å². The van der Waals surface area contributed by atoms with Gasteiger partial charge in [-0.3, -0.25) is 4.90 Å². The van der Waals surface area contributed by atoms with E-state index in [4.69, 9.17) is 4.42 Å². The third-order valence-corrected chi connectivity index (χ3v) is 3.89. The Hall–Kier alpha value is -1.88. The van der Waals surface area contributed by atoms with Crippen molar-refractivity contribution in [2.75, 3.05) is 25.0 Å². The predicted molar refractivity (Wildman–Crippen MR) is 82.0 cm³/mol. The lowest BCUT2D eigenvalue weighted by molar-refractivity contribution is 0.162. The molecule has 0 saturated carbocycles. The lowest BCUT2D eigenvalue weighted by atomic mass is 9.98. The van der Waals surface area contributed by atoms with Crippen molar-refractivity contribution in [1.29, 1.82) is 0 Å². The molecule has 0 spiro atoms. The van der Waals surface area contributed by atoms with E-state index in [9.17, 15) is 0 Å². The van der Waals surface area contributed by atoms with Crippen LogP contribution in [-0.2, 0) is 6.54 Å². The topological polar surface area (TPSA) is 54.2 Å². The first-order chi connectivity index (χ1) is 10.3. The maximum atomic E-state index is 5.43. The first kappa shape index (κ1) is 14.1. The second-order valence-electron chi connectivity index (χ2n) is 5.79. The van der Waals surface area contributed by atoms with Crippen molar-refractivity contribution in [3.8, 4) is 0 Å². The highest BCUT2D eigenvalue weighted by Gasteiger charge is 2.20. The van der Waals surface area contributed by atoms with Gasteiger partial charge in [0, 0.05) is 25.5 Å². The normalized spacial score (nSPS) is 19.6. The molecule has 0 aliphatic carbocycles. The van der Waals surface area contributed by atoms with Gasteiger partial charge in [0.05, 0.1) is 12.8 Å². The number of hydrogen-bond acceptors (Lipinski definition) is 5. The fraction of sp³-hybridized carbons (Fsp3) is 0.500. The van der Waals surface area contributed by atoms with Crippen molar-refractivity contribution in [2.45, 2.75) is 26.3 Å². The van der Waals surface area contributed by atoms with Crippen molar-refractivity contribution < 1.29 is 4.42 Å². The van der Waals surface area contributed by atoms with E-state index in [1.165, 1.54) is 12.8 Å². The van der Waals surface area contributed by atoms with Gasteiger partial charge in [-0.15, -0.1) is 0 Å². The van der Waals surface area contributed by atoms with Crippen molar-refractivity contribution in [3.63, 3.8) is 0 Å². The monoisotopic (exact) mass is 286 g/mol. The Balaban J connectivity index is 1.48. The molecule has 21 heavy (non-hydrogen) atoms. The maximum absolute atomic E-state index is 5.43. The highest BCUT2D eigenvalue weighted by atomic mass is 16.3. The number of rotatable bonds is 5. The fourth-order valence-electron chi connectivity index (χ4n) is 2.80. The van der Waals surface area contributed by atoms with Gasteiger partial charge in [0.2, 0.25) is 5.95 Å². The molecule has 1 atom stereocenters. The Kier molecular flexibility index (Phi) is 4.50. The van der Waals surface area contributed by atoms with E-state index in [-0.39, 0.29) is 0 Å². The van der Waals surface area contributed by atoms with E-state index in [1.807, 2.05) is 31.5 Å². The number of likely N-dealkylation sites (tertiary alicyclic amines) is 1. The van der Waals surface area contributed by atoms with Gasteiger partial charge in [-0.05, 0) is 49.9 Å². The number of nitrogens with one attached hydrogen (secondary N) is 1. The van der Waals surface area contributed by atoms with Crippen LogP contribution in [0.5, 0.6) is 0 Å². The molecule has 3 rings (SSSR count). The number of piperidine rings is 1. The molecule has 0 radical (unpaired) electrons. The number of aryl methyl sites for hydroxylation is 1. The van der Waals surface area contributed by atoms with Crippen molar-refractivity contribution in [2.24, 2.45) is 5.92 Å². The molecule has 112 valence electrons. The van der Waals surface area contributed by atoms with E-state index >= 15 is 0 Å². The fourth-order valence-corrected chi connectivity index (χ4v) is 2.80. The van der Waals surface area contributed by atoms with Crippen LogP contribution in [0.25, 0.3) is 0 Å². The Labute approximate surface area is 125 Å². The van der Waals surface area contributed by atoms with Gasteiger partial charge in [-0.25, -0.2) is 9.97 Å². The smallest absolute Gasteiger partial charge is 0.222 e. The van der Waals surface area contributed by atoms with Crippen molar-refractivity contribution >= 4 is 5.95 Å². The SMILES string of the molecule is Cc1cnc(NCC2CCCN(Cc3ccco3)C2)nc1. The third kappa shape index (κ3) is 4.04. The lowest BCUT2D eigenvalue weighted by Crippen LogP contribution is -2.37. The summed E-state index contributed by atoms with van der Waals surface area (Å²) < 4.78 is 5.43. The second-order valence-corrected chi connectivity index (χ2v) is 5.79. The minimum atomic E-state index is 0.638. The third-order valence-electron chi connectivity index (χ3n) is 3.89. The highest BCUT2D eigenvalue weighted by Crippen LogP contribution is 2.19. The zero-order valence-corrected chi connectivity index (χ0v) is 12.5. The first-order valence-corrected chi connectivity index (χ1v) is 7.57. The van der Waals surface area contributed by atoms with Gasteiger partial charge in [0.15, 0.2) is 0 Å². The quantitative estimate of drug-likeness (QED) is 0.916. The largest absolute Gasteiger partial charge is 0.468 e. The maximum Gasteiger partial charge on any atom is 0.222 e. The van der Waals surface area contributed by atoms with E-state index in [2.05, 4.69) is 20.2 Å². The molecule has 2 aromatic rings. The second kappa shape index (κ2) is 6.72. The van der Waals surface area contributed by atoms with Gasteiger partial charge < -0.3 is 9.73 Å². The summed E-state index contributed by atoms with van der Waals surface area (Å²) in [5.74, 6) is 2.41. The predicted octanol–water partition coefficient (Wildman–Crippen LogP) is 2.70. The van der Waals surface area contributed by atoms with Crippen LogP contribution in [0.1, 0.15) is 24.2 Å². The average molecular weight is 286 g/mol. The molecule has 1 aliphatic heterocycles. The molecule has 1 unspecified atom stereocenters. The summed E-state index contributed by atoms with van der Waals surface area (Å²) in [5.41, 5.74) is 1.09. The number of hydrogen-bond donors (Lipinski definition) is 1. The number of aromatic nitrogens is 2. The van der Waals surface area contributed by atoms with Gasteiger partial charge >= 0.3 is 0 Å². The molecular formula is C16H22N4O. The molecule has 0 aromatic carbocycles. The molecule has 1 saturated heterocycles. The van der Waals surface area contributed by atoms with E-state index in [1.54, 1.807) is 6.26 Å². The molecule has 1 N–H and O–H groups in total. The van der Waals surface area contributed by atoms with E-state index < -0.39 is 0 Å². The summed E-state index contributed by atoms with van der Waals surface area (Å²) in [4.78, 5) is 11.0. The van der Waals surface area contributed by atoms with Gasteiger partial charge in [0.25, 0.3) is 0 Å². The van der Waals surface area contributed by atoms with Crippen LogP contribution in [0.4, 0.5) is 5.95 Å². The minimum Gasteiger partial charge on any atom is -0.468 e. The van der Waals surface area contributed by atoms with Crippen LogP contribution in [0.2, 0.25) is 0 Å². The standard InChI is InChI=1S/C16H22N4O/c1-13-8-17-16(18-9-13)19-10-14-4-2-6-20(11-14)12-15-5-3-7-21-15/h3,5,7-9,14H,2,4,6,10-12H2,1H3,(H,17,18,19). The van der Waals surface area contributed by atoms with Gasteiger partial charge in [-0.2, -0.15) is 0 Å². The summed E-state index contributed by atoms with van der Waals surface area (Å²) in [6.45, 7) is 6.08. The molecule has 3 heterocycles. The zero-order valence-electron chi connectivity index (χ0n) is 12.5. The molecule has 5 nitrogen and oxygen atoms in total. The summed E-state index contributed by atoms with van der Waals surface area (Å²) in [7, 11) is 0. The first-order valence-electron chi connectivity index (χ1n) is 7.57. The Bertz CT molecular complexity index is 538. The summed E-state index contributed by atoms with van der Waals surface area (Å²) >= 11 is 0. The summed E-state index contributed by atoms with van der Waals surface area (Å²) in [6, 6.07) is 4.00. The Morgan fingerprint density at radius 1 is 1.38 bits per heavy atom. The number of furan rings is 1. The molecule has 2 aromatic heterocycles. The summed E-state index contributed by atoms with van der Waals surface area (Å²) in [5, 5.41) is 3.35. The highest BCUT2D eigenvalue weighted by molar-refractivity contribution is 5.24. The Morgan fingerprint density at radius 3 is 3.00 bits per heavy atom. The molecule has 0 amide bonds. The van der Waals surface area contributed by atoms with Crippen LogP contribution >= 0.6 is 0 Å². The lowest BCUT2D eigenvalue weighted by Gasteiger charge is -2.32. The van der Waals surface area contributed by atoms with Crippen LogP contribution in [0.3, 0.4) is 0 Å². The van der Waals surface area contributed by atoms with E-state index in [0.29, 0.717) is 5.92 Å². The molecule has 1 fully saturated rings. The van der Waals surface area contributed by atoms with Crippen LogP contribution in [-0.4, -0.2) is 34.5 Å². The summed E-state index contributed by atoms with van der Waals surface area (Å²) in [6.07, 6.45) is 7.93. The van der Waals surface area contributed by atoms with E-state index in [0.717, 1.165) is 43.5 Å². The van der Waals surface area contributed by atoms with Crippen LogP contribution in [0, 0.1) is 12.8 Å². The van der Waals surface area contributed by atoms with Crippen molar-refractivity contribution in [3.05, 3.63) is 42.1 Å². The van der Waals surface area contributed by atoms with Crippen LogP contribution in [0.15, 0.2) is 35.2 Å². The van der Waals surface area contributed by atoms with Gasteiger partial charge in [-0.1, -0.05) is 0 Å². The average Bonchev–Trinajstić information content (AvgIpc) is 3.00. The Morgan fingerprint density at radius 2 is 2.24 bits per heavy atom.